The second kappa shape index (κ2) is 6.89. The molecule has 1 heterocycles. The van der Waals surface area contributed by atoms with E-state index in [0.29, 0.717) is 5.82 Å². The number of amides is 2. The van der Waals surface area contributed by atoms with E-state index in [-0.39, 0.29) is 24.3 Å². The number of hydrogen-bond acceptors (Lipinski definition) is 3. The molecule has 0 fully saturated rings. The van der Waals surface area contributed by atoms with Gasteiger partial charge < -0.3 is 10.6 Å². The lowest BCUT2D eigenvalue weighted by Gasteiger charge is -2.18. The van der Waals surface area contributed by atoms with Gasteiger partial charge in [-0.05, 0) is 12.5 Å². The van der Waals surface area contributed by atoms with E-state index in [0.717, 1.165) is 11.3 Å². The number of aryl methyl sites for hydroxylation is 2. The molecule has 0 aliphatic carbocycles. The van der Waals surface area contributed by atoms with Crippen LogP contribution in [0.2, 0.25) is 0 Å². The molecule has 0 aliphatic rings. The standard InChI is InChI=1S/C16H20N4O2/c1-11-9-15(20(3)19-11)18-16(22)10-14(17-12(2)21)13-7-5-4-6-8-13/h4-9,14H,10H2,1-3H3,(H,17,21)(H,18,22). The number of aromatic nitrogens is 2. The molecule has 6 heteroatoms. The van der Waals surface area contributed by atoms with E-state index in [9.17, 15) is 9.59 Å². The SMILES string of the molecule is CC(=O)NC(CC(=O)Nc1cc(C)nn1C)c1ccccc1. The van der Waals surface area contributed by atoms with Crippen molar-refractivity contribution in [1.82, 2.24) is 15.1 Å². The molecule has 0 saturated heterocycles. The summed E-state index contributed by atoms with van der Waals surface area (Å²) in [6, 6.07) is 10.9. The number of hydrogen-bond donors (Lipinski definition) is 2. The molecule has 6 nitrogen and oxygen atoms in total. The van der Waals surface area contributed by atoms with E-state index in [1.54, 1.807) is 17.8 Å². The van der Waals surface area contributed by atoms with Gasteiger partial charge in [-0.2, -0.15) is 5.10 Å². The molecule has 2 rings (SSSR count). The zero-order chi connectivity index (χ0) is 16.1. The molecule has 2 aromatic rings. The fourth-order valence-corrected chi connectivity index (χ4v) is 2.29. The van der Waals surface area contributed by atoms with Gasteiger partial charge in [-0.25, -0.2) is 0 Å². The van der Waals surface area contributed by atoms with Gasteiger partial charge in [-0.3, -0.25) is 14.3 Å². The van der Waals surface area contributed by atoms with Crippen molar-refractivity contribution in [3.05, 3.63) is 47.7 Å². The number of carbonyl (C=O) groups excluding carboxylic acids is 2. The number of nitrogens with zero attached hydrogens (tertiary/aromatic N) is 2. The Bertz CT molecular complexity index is 664. The normalized spacial score (nSPS) is 11.8. The first-order chi connectivity index (χ1) is 10.5. The summed E-state index contributed by atoms with van der Waals surface area (Å²) < 4.78 is 1.61. The molecule has 2 N–H and O–H groups in total. The van der Waals surface area contributed by atoms with Gasteiger partial charge >= 0.3 is 0 Å². The molecule has 22 heavy (non-hydrogen) atoms. The third-order valence-corrected chi connectivity index (χ3v) is 3.24. The highest BCUT2D eigenvalue weighted by molar-refractivity contribution is 5.90. The van der Waals surface area contributed by atoms with Crippen LogP contribution < -0.4 is 10.6 Å². The van der Waals surface area contributed by atoms with Gasteiger partial charge in [0.1, 0.15) is 5.82 Å². The first kappa shape index (κ1) is 15.8. The Morgan fingerprint density at radius 2 is 1.95 bits per heavy atom. The number of anilines is 1. The van der Waals surface area contributed by atoms with E-state index >= 15 is 0 Å². The first-order valence-corrected chi connectivity index (χ1v) is 7.08. The maximum absolute atomic E-state index is 12.2. The van der Waals surface area contributed by atoms with Gasteiger partial charge in [0.25, 0.3) is 0 Å². The van der Waals surface area contributed by atoms with Crippen LogP contribution in [-0.2, 0) is 16.6 Å². The average Bonchev–Trinajstić information content (AvgIpc) is 2.76. The molecule has 116 valence electrons. The predicted molar refractivity (Wildman–Crippen MR) is 84.2 cm³/mol. The third kappa shape index (κ3) is 4.18. The Labute approximate surface area is 129 Å². The molecule has 1 aromatic heterocycles. The van der Waals surface area contributed by atoms with Crippen LogP contribution in [0.15, 0.2) is 36.4 Å². The molecular weight excluding hydrogens is 280 g/mol. The van der Waals surface area contributed by atoms with Crippen LogP contribution >= 0.6 is 0 Å². The van der Waals surface area contributed by atoms with Crippen LogP contribution in [0.5, 0.6) is 0 Å². The maximum Gasteiger partial charge on any atom is 0.227 e. The highest BCUT2D eigenvalue weighted by Crippen LogP contribution is 2.18. The van der Waals surface area contributed by atoms with E-state index in [4.69, 9.17) is 0 Å². The minimum Gasteiger partial charge on any atom is -0.349 e. The lowest BCUT2D eigenvalue weighted by atomic mass is 10.0. The topological polar surface area (TPSA) is 76.0 Å². The van der Waals surface area contributed by atoms with E-state index < -0.39 is 0 Å². The van der Waals surface area contributed by atoms with E-state index in [2.05, 4.69) is 15.7 Å². The Balaban J connectivity index is 2.08. The molecule has 0 bridgehead atoms. The number of carbonyl (C=O) groups is 2. The summed E-state index contributed by atoms with van der Waals surface area (Å²) in [5, 5.41) is 9.81. The largest absolute Gasteiger partial charge is 0.349 e. The maximum atomic E-state index is 12.2. The van der Waals surface area contributed by atoms with Crippen LogP contribution in [0, 0.1) is 6.92 Å². The predicted octanol–water partition coefficient (Wildman–Crippen LogP) is 1.93. The molecule has 1 unspecified atom stereocenters. The van der Waals surface area contributed by atoms with Crippen molar-refractivity contribution in [1.29, 1.82) is 0 Å². The highest BCUT2D eigenvalue weighted by Gasteiger charge is 2.17. The lowest BCUT2D eigenvalue weighted by Crippen LogP contribution is -2.30. The molecule has 1 atom stereocenters. The monoisotopic (exact) mass is 300 g/mol. The van der Waals surface area contributed by atoms with Gasteiger partial charge in [0.15, 0.2) is 0 Å². The van der Waals surface area contributed by atoms with Gasteiger partial charge in [-0.15, -0.1) is 0 Å². The number of rotatable bonds is 5. The lowest BCUT2D eigenvalue weighted by molar-refractivity contribution is -0.120. The Kier molecular flexibility index (Phi) is 4.93. The molecule has 0 spiro atoms. The molecule has 0 radical (unpaired) electrons. The second-order valence-electron chi connectivity index (χ2n) is 5.21. The minimum atomic E-state index is -0.354. The fourth-order valence-electron chi connectivity index (χ4n) is 2.29. The van der Waals surface area contributed by atoms with Crippen LogP contribution in [0.3, 0.4) is 0 Å². The molecular formula is C16H20N4O2. The average molecular weight is 300 g/mol. The Morgan fingerprint density at radius 1 is 1.27 bits per heavy atom. The minimum absolute atomic E-state index is 0.161. The van der Waals surface area contributed by atoms with E-state index in [1.807, 2.05) is 37.3 Å². The van der Waals surface area contributed by atoms with Crippen LogP contribution in [0.4, 0.5) is 5.82 Å². The zero-order valence-electron chi connectivity index (χ0n) is 13.0. The molecule has 1 aromatic carbocycles. The van der Waals surface area contributed by atoms with E-state index in [1.165, 1.54) is 6.92 Å². The molecule has 0 saturated carbocycles. The summed E-state index contributed by atoms with van der Waals surface area (Å²) in [6.07, 6.45) is 0.161. The van der Waals surface area contributed by atoms with Gasteiger partial charge in [0, 0.05) is 20.0 Å². The summed E-state index contributed by atoms with van der Waals surface area (Å²) in [5.41, 5.74) is 1.73. The Hall–Kier alpha value is -2.63. The van der Waals surface area contributed by atoms with Crippen molar-refractivity contribution >= 4 is 17.6 Å². The zero-order valence-corrected chi connectivity index (χ0v) is 13.0. The van der Waals surface area contributed by atoms with Crippen LogP contribution in [-0.4, -0.2) is 21.6 Å². The van der Waals surface area contributed by atoms with Crippen molar-refractivity contribution in [2.75, 3.05) is 5.32 Å². The number of benzene rings is 1. The molecule has 0 aliphatic heterocycles. The van der Waals surface area contributed by atoms with Crippen molar-refractivity contribution in [2.45, 2.75) is 26.3 Å². The summed E-state index contributed by atoms with van der Waals surface area (Å²) in [5.74, 6) is 0.292. The number of nitrogens with one attached hydrogen (secondary N) is 2. The molecule has 2 amide bonds. The van der Waals surface area contributed by atoms with Gasteiger partial charge in [-0.1, -0.05) is 30.3 Å². The second-order valence-corrected chi connectivity index (χ2v) is 5.21. The van der Waals surface area contributed by atoms with Crippen molar-refractivity contribution in [3.63, 3.8) is 0 Å². The van der Waals surface area contributed by atoms with Crippen LogP contribution in [0.25, 0.3) is 0 Å². The summed E-state index contributed by atoms with van der Waals surface area (Å²) >= 11 is 0. The summed E-state index contributed by atoms with van der Waals surface area (Å²) in [4.78, 5) is 23.6. The highest BCUT2D eigenvalue weighted by atomic mass is 16.2. The third-order valence-electron chi connectivity index (χ3n) is 3.24. The van der Waals surface area contributed by atoms with Crippen molar-refractivity contribution < 1.29 is 9.59 Å². The Morgan fingerprint density at radius 3 is 2.50 bits per heavy atom. The smallest absolute Gasteiger partial charge is 0.227 e. The first-order valence-electron chi connectivity index (χ1n) is 7.08. The quantitative estimate of drug-likeness (QED) is 0.886. The van der Waals surface area contributed by atoms with Crippen molar-refractivity contribution in [3.8, 4) is 0 Å². The summed E-state index contributed by atoms with van der Waals surface area (Å²) in [6.45, 7) is 3.30. The van der Waals surface area contributed by atoms with Gasteiger partial charge in [0.05, 0.1) is 18.2 Å². The van der Waals surface area contributed by atoms with Crippen molar-refractivity contribution in [2.24, 2.45) is 7.05 Å². The van der Waals surface area contributed by atoms with Crippen LogP contribution in [0.1, 0.15) is 30.6 Å². The van der Waals surface area contributed by atoms with Gasteiger partial charge in [0.2, 0.25) is 11.8 Å². The summed E-state index contributed by atoms with van der Waals surface area (Å²) in [7, 11) is 1.77. The fraction of sp³-hybridized carbons (Fsp3) is 0.312.